The fourth-order valence-corrected chi connectivity index (χ4v) is 5.13. The number of halogens is 1. The zero-order chi connectivity index (χ0) is 15.7. The Hall–Kier alpha value is -0.900. The minimum atomic E-state index is -3.30. The second-order valence-electron chi connectivity index (χ2n) is 5.19. The molecule has 0 radical (unpaired) electrons. The number of sulfone groups is 1. The van der Waals surface area contributed by atoms with Gasteiger partial charge >= 0.3 is 0 Å². The summed E-state index contributed by atoms with van der Waals surface area (Å²) >= 11 is 3.36. The maximum Gasteiger partial charge on any atom is 0.155 e. The van der Waals surface area contributed by atoms with Crippen molar-refractivity contribution in [2.24, 2.45) is 5.41 Å². The van der Waals surface area contributed by atoms with Crippen LogP contribution in [-0.4, -0.2) is 32.6 Å². The van der Waals surface area contributed by atoms with Crippen molar-refractivity contribution in [2.45, 2.75) is 25.0 Å². The van der Waals surface area contributed by atoms with Crippen LogP contribution in [0.3, 0.4) is 0 Å². The van der Waals surface area contributed by atoms with Crippen LogP contribution in [0, 0.1) is 16.7 Å². The Morgan fingerprint density at radius 1 is 1.33 bits per heavy atom. The number of hydrogen-bond donors (Lipinski definition) is 0. The molecular weight excluding hydrogens is 354 g/mol. The summed E-state index contributed by atoms with van der Waals surface area (Å²) < 4.78 is 31.0. The summed E-state index contributed by atoms with van der Waals surface area (Å²) in [7, 11) is -3.30. The minimum Gasteiger partial charge on any atom is -0.380 e. The van der Waals surface area contributed by atoms with E-state index >= 15 is 0 Å². The molecule has 21 heavy (non-hydrogen) atoms. The molecule has 0 spiro atoms. The van der Waals surface area contributed by atoms with Crippen molar-refractivity contribution in [3.05, 3.63) is 34.3 Å². The van der Waals surface area contributed by atoms with E-state index < -0.39 is 20.5 Å². The molecule has 0 bridgehead atoms. The third-order valence-corrected chi connectivity index (χ3v) is 6.83. The minimum absolute atomic E-state index is 0.0419. The predicted molar refractivity (Wildman–Crippen MR) is 84.7 cm³/mol. The fraction of sp³-hybridized carbons (Fsp3) is 0.533. The van der Waals surface area contributed by atoms with Crippen LogP contribution in [0.1, 0.15) is 25.3 Å². The molecule has 3 atom stereocenters. The molecule has 0 aliphatic heterocycles. The van der Waals surface area contributed by atoms with Gasteiger partial charge in [-0.1, -0.05) is 35.0 Å². The van der Waals surface area contributed by atoms with Crippen LogP contribution in [-0.2, 0) is 14.6 Å². The predicted octanol–water partition coefficient (Wildman–Crippen LogP) is 2.90. The van der Waals surface area contributed by atoms with E-state index in [0.29, 0.717) is 6.61 Å². The van der Waals surface area contributed by atoms with Crippen molar-refractivity contribution in [3.8, 4) is 6.07 Å². The Morgan fingerprint density at radius 3 is 2.43 bits per heavy atom. The van der Waals surface area contributed by atoms with Gasteiger partial charge in [0.15, 0.2) is 9.84 Å². The first kappa shape index (κ1) is 16.5. The second-order valence-corrected chi connectivity index (χ2v) is 8.52. The Kier molecular flexibility index (Phi) is 4.76. The number of benzene rings is 1. The van der Waals surface area contributed by atoms with Gasteiger partial charge in [-0.25, -0.2) is 8.42 Å². The van der Waals surface area contributed by atoms with E-state index in [4.69, 9.17) is 4.74 Å². The van der Waals surface area contributed by atoms with Gasteiger partial charge in [0.25, 0.3) is 0 Å². The maximum absolute atomic E-state index is 12.3. The van der Waals surface area contributed by atoms with Gasteiger partial charge in [-0.05, 0) is 24.6 Å². The largest absolute Gasteiger partial charge is 0.380 e. The standard InChI is InChI=1S/C15H18BrNO3S/c1-3-20-10-15(9-17)13(14(15)21(18,19)4-2)11-5-7-12(16)8-6-11/h5-8,13-14H,3-4,10H2,1-2H3. The van der Waals surface area contributed by atoms with Gasteiger partial charge in [-0.15, -0.1) is 0 Å². The molecule has 2 rings (SSSR count). The summed E-state index contributed by atoms with van der Waals surface area (Å²) in [6, 6.07) is 9.71. The summed E-state index contributed by atoms with van der Waals surface area (Å²) in [6.07, 6.45) is 0. The van der Waals surface area contributed by atoms with E-state index in [9.17, 15) is 13.7 Å². The van der Waals surface area contributed by atoms with Crippen molar-refractivity contribution in [2.75, 3.05) is 19.0 Å². The molecule has 6 heteroatoms. The molecule has 0 heterocycles. The van der Waals surface area contributed by atoms with E-state index in [1.54, 1.807) is 6.92 Å². The molecule has 1 aliphatic rings. The van der Waals surface area contributed by atoms with Crippen LogP contribution in [0.5, 0.6) is 0 Å². The first-order chi connectivity index (χ1) is 9.93. The van der Waals surface area contributed by atoms with Crippen LogP contribution in [0.4, 0.5) is 0 Å². The lowest BCUT2D eigenvalue weighted by Gasteiger charge is -2.09. The topological polar surface area (TPSA) is 67.2 Å². The van der Waals surface area contributed by atoms with Crippen molar-refractivity contribution in [1.82, 2.24) is 0 Å². The molecule has 114 valence electrons. The van der Waals surface area contributed by atoms with Gasteiger partial charge in [0.2, 0.25) is 0 Å². The maximum atomic E-state index is 12.3. The van der Waals surface area contributed by atoms with Gasteiger partial charge in [0, 0.05) is 22.8 Å². The highest BCUT2D eigenvalue weighted by atomic mass is 79.9. The second kappa shape index (κ2) is 6.07. The highest BCUT2D eigenvalue weighted by Crippen LogP contribution is 2.63. The number of ether oxygens (including phenoxy) is 1. The molecule has 4 nitrogen and oxygen atoms in total. The van der Waals surface area contributed by atoms with Crippen molar-refractivity contribution in [3.63, 3.8) is 0 Å². The van der Waals surface area contributed by atoms with E-state index in [-0.39, 0.29) is 18.3 Å². The zero-order valence-electron chi connectivity index (χ0n) is 12.0. The van der Waals surface area contributed by atoms with E-state index in [1.807, 2.05) is 31.2 Å². The van der Waals surface area contributed by atoms with Gasteiger partial charge in [0.1, 0.15) is 5.41 Å². The zero-order valence-corrected chi connectivity index (χ0v) is 14.4. The number of nitriles is 1. The van der Waals surface area contributed by atoms with Crippen LogP contribution in [0.15, 0.2) is 28.7 Å². The monoisotopic (exact) mass is 371 g/mol. The van der Waals surface area contributed by atoms with E-state index in [0.717, 1.165) is 10.0 Å². The van der Waals surface area contributed by atoms with Crippen LogP contribution < -0.4 is 0 Å². The fourth-order valence-electron chi connectivity index (χ4n) is 2.86. The quantitative estimate of drug-likeness (QED) is 0.770. The number of rotatable bonds is 6. The van der Waals surface area contributed by atoms with E-state index in [1.165, 1.54) is 0 Å². The molecular formula is C15H18BrNO3S. The molecule has 1 fully saturated rings. The summed E-state index contributed by atoms with van der Waals surface area (Å²) in [6.45, 7) is 4.08. The average Bonchev–Trinajstić information content (AvgIpc) is 3.16. The Labute approximate surface area is 134 Å². The van der Waals surface area contributed by atoms with Gasteiger partial charge in [-0.2, -0.15) is 5.26 Å². The average molecular weight is 372 g/mol. The lowest BCUT2D eigenvalue weighted by Crippen LogP contribution is -2.20. The molecule has 1 aromatic carbocycles. The molecule has 1 aliphatic carbocycles. The lowest BCUT2D eigenvalue weighted by molar-refractivity contribution is 0.117. The van der Waals surface area contributed by atoms with Crippen molar-refractivity contribution >= 4 is 25.8 Å². The van der Waals surface area contributed by atoms with Crippen molar-refractivity contribution in [1.29, 1.82) is 5.26 Å². The van der Waals surface area contributed by atoms with Gasteiger partial charge in [-0.3, -0.25) is 0 Å². The number of hydrogen-bond acceptors (Lipinski definition) is 4. The van der Waals surface area contributed by atoms with Gasteiger partial charge < -0.3 is 4.74 Å². The number of nitrogens with zero attached hydrogens (tertiary/aromatic N) is 1. The highest BCUT2D eigenvalue weighted by Gasteiger charge is 2.71. The molecule has 1 aromatic rings. The third-order valence-electron chi connectivity index (χ3n) is 4.03. The molecule has 1 saturated carbocycles. The molecule has 0 amide bonds. The van der Waals surface area contributed by atoms with Gasteiger partial charge in [0.05, 0.1) is 17.9 Å². The lowest BCUT2D eigenvalue weighted by atomic mass is 10.0. The smallest absolute Gasteiger partial charge is 0.155 e. The summed E-state index contributed by atoms with van der Waals surface area (Å²) in [4.78, 5) is 0. The normalized spacial score (nSPS) is 28.1. The Balaban J connectivity index is 2.42. The first-order valence-electron chi connectivity index (χ1n) is 6.89. The SMILES string of the molecule is CCOCC1(C#N)C(c2ccc(Br)cc2)C1S(=O)(=O)CC. The molecule has 3 unspecified atom stereocenters. The first-order valence-corrected chi connectivity index (χ1v) is 9.39. The summed E-state index contributed by atoms with van der Waals surface area (Å²) in [5, 5.41) is 8.92. The molecule has 0 N–H and O–H groups in total. The van der Waals surface area contributed by atoms with Crippen LogP contribution in [0.25, 0.3) is 0 Å². The third kappa shape index (κ3) is 2.87. The molecule has 0 saturated heterocycles. The van der Waals surface area contributed by atoms with E-state index in [2.05, 4.69) is 22.0 Å². The summed E-state index contributed by atoms with van der Waals surface area (Å²) in [5.74, 6) is -0.271. The van der Waals surface area contributed by atoms with Crippen molar-refractivity contribution < 1.29 is 13.2 Å². The Morgan fingerprint density at radius 2 is 1.95 bits per heavy atom. The highest BCUT2D eigenvalue weighted by molar-refractivity contribution is 9.10. The van der Waals surface area contributed by atoms with Crippen LogP contribution in [0.2, 0.25) is 0 Å². The summed E-state index contributed by atoms with van der Waals surface area (Å²) in [5.41, 5.74) is -0.0833. The molecule has 0 aromatic heterocycles. The Bertz CT molecular complexity index is 650. The van der Waals surface area contributed by atoms with Crippen LogP contribution >= 0.6 is 15.9 Å².